The van der Waals surface area contributed by atoms with E-state index in [-0.39, 0.29) is 5.54 Å². The zero-order chi connectivity index (χ0) is 12.8. The van der Waals surface area contributed by atoms with Crippen LogP contribution < -0.4 is 5.32 Å². The number of hydrogen-bond acceptors (Lipinski definition) is 3. The molecular formula is C14H24N2S. The molecule has 0 amide bonds. The third kappa shape index (κ3) is 2.71. The zero-order valence-corrected chi connectivity index (χ0v) is 12.6. The smallest absolute Gasteiger partial charge is 0.0897 e. The standard InChI is InChI=1S/C14H24N2S/c1-9-16-11(8-17-9)12-10(14(12,5)6)7-15-13(2,3)4/h8,10,12,15H,7H2,1-6H3. The second-order valence-corrected chi connectivity index (χ2v) is 7.89. The van der Waals surface area contributed by atoms with Crippen LogP contribution in [0.2, 0.25) is 0 Å². The lowest BCUT2D eigenvalue weighted by Gasteiger charge is -2.20. The predicted octanol–water partition coefficient (Wildman–Crippen LogP) is 3.58. The molecule has 96 valence electrons. The molecule has 2 unspecified atom stereocenters. The maximum atomic E-state index is 4.65. The van der Waals surface area contributed by atoms with Crippen LogP contribution in [0, 0.1) is 18.3 Å². The van der Waals surface area contributed by atoms with Crippen LogP contribution in [-0.2, 0) is 0 Å². The first-order chi connectivity index (χ1) is 7.72. The fourth-order valence-corrected chi connectivity index (χ4v) is 3.30. The van der Waals surface area contributed by atoms with Crippen LogP contribution in [0.15, 0.2) is 5.38 Å². The van der Waals surface area contributed by atoms with Crippen molar-refractivity contribution in [2.45, 2.75) is 53.0 Å². The van der Waals surface area contributed by atoms with Gasteiger partial charge < -0.3 is 5.32 Å². The number of nitrogens with zero attached hydrogens (tertiary/aromatic N) is 1. The van der Waals surface area contributed by atoms with Gasteiger partial charge in [-0.3, -0.25) is 0 Å². The molecule has 0 aliphatic heterocycles. The van der Waals surface area contributed by atoms with Crippen molar-refractivity contribution in [3.8, 4) is 0 Å². The Morgan fingerprint density at radius 3 is 2.53 bits per heavy atom. The van der Waals surface area contributed by atoms with Gasteiger partial charge >= 0.3 is 0 Å². The monoisotopic (exact) mass is 252 g/mol. The molecule has 1 saturated carbocycles. The van der Waals surface area contributed by atoms with Gasteiger partial charge in [-0.1, -0.05) is 13.8 Å². The molecule has 0 bridgehead atoms. The molecule has 0 aromatic carbocycles. The van der Waals surface area contributed by atoms with Gasteiger partial charge in [0.15, 0.2) is 0 Å². The van der Waals surface area contributed by atoms with Gasteiger partial charge in [0.05, 0.1) is 10.7 Å². The Bertz CT molecular complexity index is 401. The van der Waals surface area contributed by atoms with E-state index in [2.05, 4.69) is 57.2 Å². The quantitative estimate of drug-likeness (QED) is 0.889. The first kappa shape index (κ1) is 13.0. The maximum Gasteiger partial charge on any atom is 0.0897 e. The third-order valence-corrected chi connectivity index (χ3v) is 4.65. The molecule has 1 fully saturated rings. The topological polar surface area (TPSA) is 24.9 Å². The van der Waals surface area contributed by atoms with Crippen molar-refractivity contribution in [2.24, 2.45) is 11.3 Å². The summed E-state index contributed by atoms with van der Waals surface area (Å²) in [7, 11) is 0. The average molecular weight is 252 g/mol. The Morgan fingerprint density at radius 1 is 1.41 bits per heavy atom. The molecule has 1 aliphatic carbocycles. The summed E-state index contributed by atoms with van der Waals surface area (Å²) in [4.78, 5) is 4.65. The molecule has 1 N–H and O–H groups in total. The highest BCUT2D eigenvalue weighted by molar-refractivity contribution is 7.09. The Hall–Kier alpha value is -0.410. The molecule has 1 aromatic heterocycles. The van der Waals surface area contributed by atoms with Gasteiger partial charge in [-0.15, -0.1) is 11.3 Å². The molecule has 2 nitrogen and oxygen atoms in total. The summed E-state index contributed by atoms with van der Waals surface area (Å²) in [6.45, 7) is 14.6. The van der Waals surface area contributed by atoms with Crippen molar-refractivity contribution in [3.05, 3.63) is 16.1 Å². The summed E-state index contributed by atoms with van der Waals surface area (Å²) in [5, 5.41) is 7.04. The van der Waals surface area contributed by atoms with E-state index in [4.69, 9.17) is 0 Å². The van der Waals surface area contributed by atoms with E-state index in [1.165, 1.54) is 10.7 Å². The van der Waals surface area contributed by atoms with Gasteiger partial charge in [0, 0.05) is 16.8 Å². The molecule has 2 rings (SSSR count). The predicted molar refractivity (Wildman–Crippen MR) is 74.6 cm³/mol. The summed E-state index contributed by atoms with van der Waals surface area (Å²) < 4.78 is 0. The van der Waals surface area contributed by atoms with Crippen LogP contribution in [0.25, 0.3) is 0 Å². The number of nitrogens with one attached hydrogen (secondary N) is 1. The molecule has 0 saturated heterocycles. The number of rotatable bonds is 3. The van der Waals surface area contributed by atoms with Gasteiger partial charge in [-0.05, 0) is 45.6 Å². The van der Waals surface area contributed by atoms with Gasteiger partial charge in [0.2, 0.25) is 0 Å². The highest BCUT2D eigenvalue weighted by atomic mass is 32.1. The largest absolute Gasteiger partial charge is 0.312 e. The lowest BCUT2D eigenvalue weighted by atomic mass is 10.1. The van der Waals surface area contributed by atoms with Crippen molar-refractivity contribution in [3.63, 3.8) is 0 Å². The van der Waals surface area contributed by atoms with Gasteiger partial charge in [-0.25, -0.2) is 4.98 Å². The normalized spacial score (nSPS) is 27.2. The number of aryl methyl sites for hydroxylation is 1. The average Bonchev–Trinajstić information content (AvgIpc) is 2.52. The molecular weight excluding hydrogens is 228 g/mol. The number of aromatic nitrogens is 1. The van der Waals surface area contributed by atoms with E-state index < -0.39 is 0 Å². The summed E-state index contributed by atoms with van der Waals surface area (Å²) in [5.74, 6) is 1.37. The minimum absolute atomic E-state index is 0.210. The molecule has 0 spiro atoms. The third-order valence-electron chi connectivity index (χ3n) is 3.86. The first-order valence-corrected chi connectivity index (χ1v) is 7.27. The summed E-state index contributed by atoms with van der Waals surface area (Å²) in [6, 6.07) is 0. The van der Waals surface area contributed by atoms with Crippen LogP contribution in [0.1, 0.15) is 51.2 Å². The molecule has 1 heterocycles. The van der Waals surface area contributed by atoms with E-state index in [1.54, 1.807) is 11.3 Å². The Kier molecular flexibility index (Phi) is 3.11. The Labute approximate surface area is 109 Å². The van der Waals surface area contributed by atoms with E-state index in [9.17, 15) is 0 Å². The first-order valence-electron chi connectivity index (χ1n) is 6.39. The Morgan fingerprint density at radius 2 is 2.06 bits per heavy atom. The molecule has 17 heavy (non-hydrogen) atoms. The second kappa shape index (κ2) is 4.06. The van der Waals surface area contributed by atoms with Gasteiger partial charge in [-0.2, -0.15) is 0 Å². The van der Waals surface area contributed by atoms with Crippen molar-refractivity contribution in [2.75, 3.05) is 6.54 Å². The van der Waals surface area contributed by atoms with E-state index in [1.807, 2.05) is 0 Å². The number of thiazole rings is 1. The van der Waals surface area contributed by atoms with Gasteiger partial charge in [0.1, 0.15) is 0 Å². The minimum Gasteiger partial charge on any atom is -0.312 e. The highest BCUT2D eigenvalue weighted by Gasteiger charge is 2.58. The SMILES string of the molecule is Cc1nc(C2C(CNC(C)(C)C)C2(C)C)cs1. The molecule has 1 aliphatic rings. The molecule has 0 radical (unpaired) electrons. The Balaban J connectivity index is 2.01. The fourth-order valence-electron chi connectivity index (χ4n) is 2.65. The van der Waals surface area contributed by atoms with Crippen LogP contribution in [-0.4, -0.2) is 17.1 Å². The van der Waals surface area contributed by atoms with Gasteiger partial charge in [0.25, 0.3) is 0 Å². The second-order valence-electron chi connectivity index (χ2n) is 6.83. The lowest BCUT2D eigenvalue weighted by molar-refractivity contribution is 0.396. The summed E-state index contributed by atoms with van der Waals surface area (Å²) in [6.07, 6.45) is 0. The summed E-state index contributed by atoms with van der Waals surface area (Å²) in [5.41, 5.74) is 1.91. The van der Waals surface area contributed by atoms with Crippen molar-refractivity contribution < 1.29 is 0 Å². The lowest BCUT2D eigenvalue weighted by Crippen LogP contribution is -2.37. The van der Waals surface area contributed by atoms with Crippen LogP contribution in [0.5, 0.6) is 0 Å². The van der Waals surface area contributed by atoms with Crippen LogP contribution >= 0.6 is 11.3 Å². The molecule has 3 heteroatoms. The zero-order valence-electron chi connectivity index (χ0n) is 11.8. The van der Waals surface area contributed by atoms with Crippen molar-refractivity contribution >= 4 is 11.3 Å². The fraction of sp³-hybridized carbons (Fsp3) is 0.786. The van der Waals surface area contributed by atoms with Crippen LogP contribution in [0.3, 0.4) is 0 Å². The van der Waals surface area contributed by atoms with E-state index >= 15 is 0 Å². The van der Waals surface area contributed by atoms with Crippen molar-refractivity contribution in [1.29, 1.82) is 0 Å². The minimum atomic E-state index is 0.210. The maximum absolute atomic E-state index is 4.65. The molecule has 2 atom stereocenters. The van der Waals surface area contributed by atoms with E-state index in [0.717, 1.165) is 12.5 Å². The number of hydrogen-bond donors (Lipinski definition) is 1. The molecule has 1 aromatic rings. The van der Waals surface area contributed by atoms with E-state index in [0.29, 0.717) is 11.3 Å². The van der Waals surface area contributed by atoms with Crippen LogP contribution in [0.4, 0.5) is 0 Å². The van der Waals surface area contributed by atoms with Crippen molar-refractivity contribution in [1.82, 2.24) is 10.3 Å². The highest BCUT2D eigenvalue weighted by Crippen LogP contribution is 2.63. The summed E-state index contributed by atoms with van der Waals surface area (Å²) >= 11 is 1.77.